The number of amides is 2. The molecule has 1 aromatic carbocycles. The van der Waals surface area contributed by atoms with Gasteiger partial charge in [0.1, 0.15) is 0 Å². The molecule has 98 valence electrons. The number of para-hydroxylation sites is 1. The molecule has 0 radical (unpaired) electrons. The van der Waals surface area contributed by atoms with Gasteiger partial charge in [-0.25, -0.2) is 0 Å². The summed E-state index contributed by atoms with van der Waals surface area (Å²) in [5.41, 5.74) is 1.65. The van der Waals surface area contributed by atoms with Crippen LogP contribution >= 0.6 is 11.8 Å². The Hall–Kier alpha value is -1.49. The third-order valence-electron chi connectivity index (χ3n) is 2.24. The molecule has 4 nitrogen and oxygen atoms in total. The molecule has 0 unspecified atom stereocenters. The second kappa shape index (κ2) is 7.76. The molecule has 1 aromatic rings. The number of carbonyl (C=O) groups excluding carboxylic acids is 2. The van der Waals surface area contributed by atoms with Crippen molar-refractivity contribution >= 4 is 29.3 Å². The standard InChI is InChI=1S/C13H18N2O2S/c1-3-18-9-13(17)14-8-11-6-4-5-7-12(11)15-10(2)16/h4-7H,3,8-9H2,1-2H3,(H,14,17)(H,15,16). The summed E-state index contributed by atoms with van der Waals surface area (Å²) in [6, 6.07) is 7.44. The second-order valence-electron chi connectivity index (χ2n) is 3.75. The van der Waals surface area contributed by atoms with Crippen LogP contribution in [0.3, 0.4) is 0 Å². The molecule has 0 aromatic heterocycles. The van der Waals surface area contributed by atoms with E-state index in [0.717, 1.165) is 17.0 Å². The molecular weight excluding hydrogens is 248 g/mol. The van der Waals surface area contributed by atoms with Crippen LogP contribution in [0.4, 0.5) is 5.69 Å². The molecule has 0 spiro atoms. The van der Waals surface area contributed by atoms with E-state index in [4.69, 9.17) is 0 Å². The van der Waals surface area contributed by atoms with Crippen LogP contribution in [0.5, 0.6) is 0 Å². The van der Waals surface area contributed by atoms with Crippen molar-refractivity contribution in [3.8, 4) is 0 Å². The Labute approximate surface area is 112 Å². The molecular formula is C13H18N2O2S. The molecule has 0 saturated carbocycles. The number of hydrogen-bond donors (Lipinski definition) is 2. The lowest BCUT2D eigenvalue weighted by Crippen LogP contribution is -2.25. The van der Waals surface area contributed by atoms with Gasteiger partial charge in [-0.15, -0.1) is 0 Å². The molecule has 0 bridgehead atoms. The van der Waals surface area contributed by atoms with Gasteiger partial charge in [0.2, 0.25) is 11.8 Å². The van der Waals surface area contributed by atoms with E-state index in [0.29, 0.717) is 12.3 Å². The summed E-state index contributed by atoms with van der Waals surface area (Å²) in [7, 11) is 0. The molecule has 2 N–H and O–H groups in total. The SMILES string of the molecule is CCSCC(=O)NCc1ccccc1NC(C)=O. The van der Waals surface area contributed by atoms with E-state index in [-0.39, 0.29) is 11.8 Å². The first kappa shape index (κ1) is 14.6. The fraction of sp³-hybridized carbons (Fsp3) is 0.385. The van der Waals surface area contributed by atoms with Gasteiger partial charge in [0, 0.05) is 19.2 Å². The number of thioether (sulfide) groups is 1. The van der Waals surface area contributed by atoms with Crippen LogP contribution < -0.4 is 10.6 Å². The lowest BCUT2D eigenvalue weighted by atomic mass is 10.1. The van der Waals surface area contributed by atoms with Crippen molar-refractivity contribution in [1.29, 1.82) is 0 Å². The normalized spacial score (nSPS) is 9.89. The van der Waals surface area contributed by atoms with Gasteiger partial charge >= 0.3 is 0 Å². The molecule has 5 heteroatoms. The molecule has 0 heterocycles. The Morgan fingerprint density at radius 2 is 2.00 bits per heavy atom. The minimum absolute atomic E-state index is 0.0134. The van der Waals surface area contributed by atoms with E-state index in [1.54, 1.807) is 11.8 Å². The topological polar surface area (TPSA) is 58.2 Å². The zero-order valence-corrected chi connectivity index (χ0v) is 11.5. The molecule has 1 rings (SSSR count). The highest BCUT2D eigenvalue weighted by Gasteiger charge is 2.05. The Balaban J connectivity index is 2.55. The van der Waals surface area contributed by atoms with Crippen molar-refractivity contribution in [2.24, 2.45) is 0 Å². The molecule has 18 heavy (non-hydrogen) atoms. The van der Waals surface area contributed by atoms with E-state index in [2.05, 4.69) is 10.6 Å². The van der Waals surface area contributed by atoms with Crippen LogP contribution in [0.15, 0.2) is 24.3 Å². The van der Waals surface area contributed by atoms with Crippen molar-refractivity contribution < 1.29 is 9.59 Å². The summed E-state index contributed by atoms with van der Waals surface area (Å²) in [5.74, 6) is 1.30. The second-order valence-corrected chi connectivity index (χ2v) is 5.03. The predicted molar refractivity (Wildman–Crippen MR) is 75.6 cm³/mol. The first-order valence-corrected chi connectivity index (χ1v) is 6.99. The highest BCUT2D eigenvalue weighted by atomic mass is 32.2. The van der Waals surface area contributed by atoms with Crippen LogP contribution in [0.1, 0.15) is 19.4 Å². The summed E-state index contributed by atoms with van der Waals surface area (Å²) in [6.45, 7) is 3.91. The van der Waals surface area contributed by atoms with Gasteiger partial charge in [0.25, 0.3) is 0 Å². The Kier molecular flexibility index (Phi) is 6.28. The number of carbonyl (C=O) groups is 2. The van der Waals surface area contributed by atoms with Crippen molar-refractivity contribution in [3.05, 3.63) is 29.8 Å². The molecule has 0 fully saturated rings. The molecule has 0 saturated heterocycles. The Morgan fingerprint density at radius 1 is 1.28 bits per heavy atom. The number of rotatable bonds is 6. The first-order valence-electron chi connectivity index (χ1n) is 5.83. The third kappa shape index (κ3) is 5.23. The van der Waals surface area contributed by atoms with E-state index in [1.807, 2.05) is 31.2 Å². The van der Waals surface area contributed by atoms with Crippen LogP contribution in [-0.2, 0) is 16.1 Å². The van der Waals surface area contributed by atoms with Gasteiger partial charge in [0.15, 0.2) is 0 Å². The fourth-order valence-corrected chi connectivity index (χ4v) is 1.92. The minimum atomic E-state index is -0.115. The van der Waals surface area contributed by atoms with Crippen molar-refractivity contribution in [2.45, 2.75) is 20.4 Å². The average Bonchev–Trinajstić information content (AvgIpc) is 2.34. The van der Waals surface area contributed by atoms with Crippen molar-refractivity contribution in [3.63, 3.8) is 0 Å². The molecule has 0 aliphatic carbocycles. The maximum atomic E-state index is 11.5. The summed E-state index contributed by atoms with van der Waals surface area (Å²) in [4.78, 5) is 22.5. The van der Waals surface area contributed by atoms with E-state index in [1.165, 1.54) is 6.92 Å². The molecule has 0 aliphatic rings. The molecule has 0 aliphatic heterocycles. The summed E-state index contributed by atoms with van der Waals surface area (Å²) in [5, 5.41) is 5.58. The number of anilines is 1. The Morgan fingerprint density at radius 3 is 2.67 bits per heavy atom. The van der Waals surface area contributed by atoms with E-state index < -0.39 is 0 Å². The molecule has 2 amide bonds. The van der Waals surface area contributed by atoms with Gasteiger partial charge in [-0.2, -0.15) is 11.8 Å². The largest absolute Gasteiger partial charge is 0.351 e. The van der Waals surface area contributed by atoms with E-state index >= 15 is 0 Å². The third-order valence-corrected chi connectivity index (χ3v) is 3.12. The molecule has 0 atom stereocenters. The highest BCUT2D eigenvalue weighted by Crippen LogP contribution is 2.14. The van der Waals surface area contributed by atoms with Crippen LogP contribution in [0.25, 0.3) is 0 Å². The summed E-state index contributed by atoms with van der Waals surface area (Å²) >= 11 is 1.58. The summed E-state index contributed by atoms with van der Waals surface area (Å²) in [6.07, 6.45) is 0. The lowest BCUT2D eigenvalue weighted by molar-refractivity contribution is -0.118. The fourth-order valence-electron chi connectivity index (χ4n) is 1.43. The highest BCUT2D eigenvalue weighted by molar-refractivity contribution is 7.99. The maximum Gasteiger partial charge on any atom is 0.230 e. The lowest BCUT2D eigenvalue weighted by Gasteiger charge is -2.10. The van der Waals surface area contributed by atoms with Gasteiger partial charge in [0.05, 0.1) is 5.75 Å². The quantitative estimate of drug-likeness (QED) is 0.828. The van der Waals surface area contributed by atoms with Gasteiger partial charge < -0.3 is 10.6 Å². The first-order chi connectivity index (χ1) is 8.63. The van der Waals surface area contributed by atoms with Crippen LogP contribution in [0, 0.1) is 0 Å². The smallest absolute Gasteiger partial charge is 0.230 e. The average molecular weight is 266 g/mol. The predicted octanol–water partition coefficient (Wildman–Crippen LogP) is 2.01. The Bertz CT molecular complexity index is 421. The van der Waals surface area contributed by atoms with Crippen LogP contribution in [0.2, 0.25) is 0 Å². The van der Waals surface area contributed by atoms with Crippen LogP contribution in [-0.4, -0.2) is 23.3 Å². The number of hydrogen-bond acceptors (Lipinski definition) is 3. The van der Waals surface area contributed by atoms with E-state index in [9.17, 15) is 9.59 Å². The maximum absolute atomic E-state index is 11.5. The van der Waals surface area contributed by atoms with Gasteiger partial charge in [-0.1, -0.05) is 25.1 Å². The number of benzene rings is 1. The monoisotopic (exact) mass is 266 g/mol. The van der Waals surface area contributed by atoms with Crippen molar-refractivity contribution in [1.82, 2.24) is 5.32 Å². The van der Waals surface area contributed by atoms with Crippen molar-refractivity contribution in [2.75, 3.05) is 16.8 Å². The van der Waals surface area contributed by atoms with Gasteiger partial charge in [-0.05, 0) is 17.4 Å². The zero-order chi connectivity index (χ0) is 13.4. The minimum Gasteiger partial charge on any atom is -0.351 e. The summed E-state index contributed by atoms with van der Waals surface area (Å²) < 4.78 is 0. The zero-order valence-electron chi connectivity index (χ0n) is 10.7. The van der Waals surface area contributed by atoms with Gasteiger partial charge in [-0.3, -0.25) is 9.59 Å². The number of nitrogens with one attached hydrogen (secondary N) is 2.